The van der Waals surface area contributed by atoms with Gasteiger partial charge in [-0.05, 0) is 42.5 Å². The highest BCUT2D eigenvalue weighted by atomic mass is 19.3. The second-order valence-corrected chi connectivity index (χ2v) is 8.83. The number of urea groups is 1. The molecule has 2 aliphatic rings. The summed E-state index contributed by atoms with van der Waals surface area (Å²) in [7, 11) is 0. The lowest BCUT2D eigenvalue weighted by Gasteiger charge is -2.33. The Morgan fingerprint density at radius 3 is 2.82 bits per heavy atom. The normalized spacial score (nSPS) is 19.4. The first-order valence-corrected chi connectivity index (χ1v) is 11.1. The van der Waals surface area contributed by atoms with Gasteiger partial charge in [0.05, 0.1) is 24.1 Å². The van der Waals surface area contributed by atoms with Gasteiger partial charge in [0.1, 0.15) is 5.69 Å². The summed E-state index contributed by atoms with van der Waals surface area (Å²) in [6, 6.07) is 1.08. The Bertz CT molecular complexity index is 1220. The van der Waals surface area contributed by atoms with Gasteiger partial charge in [-0.1, -0.05) is 5.16 Å². The Hall–Kier alpha value is -3.64. The average molecular weight is 474 g/mol. The molecule has 0 spiro atoms. The minimum absolute atomic E-state index is 0.0409. The molecule has 1 saturated carbocycles. The predicted molar refractivity (Wildman–Crippen MR) is 113 cm³/mol. The number of amides is 3. The van der Waals surface area contributed by atoms with Crippen molar-refractivity contribution in [3.05, 3.63) is 41.1 Å². The number of halogens is 2. The number of hydrogen-bond acceptors (Lipinski definition) is 7. The van der Waals surface area contributed by atoms with Crippen LogP contribution in [0.3, 0.4) is 0 Å². The number of nitrogens with one attached hydrogen (secondary N) is 2. The van der Waals surface area contributed by atoms with Crippen molar-refractivity contribution in [1.82, 2.24) is 40.4 Å². The highest BCUT2D eigenvalue weighted by Gasteiger charge is 2.39. The van der Waals surface area contributed by atoms with Gasteiger partial charge >= 0.3 is 6.03 Å². The van der Waals surface area contributed by atoms with Gasteiger partial charge in [-0.25, -0.2) is 27.7 Å². The van der Waals surface area contributed by atoms with Crippen molar-refractivity contribution in [2.45, 2.75) is 51.1 Å². The fraction of sp³-hybridized carbons (Fsp3) is 0.524. The molecule has 1 saturated heterocycles. The summed E-state index contributed by atoms with van der Waals surface area (Å²) in [6.45, 7) is 3.21. The second kappa shape index (κ2) is 8.61. The molecule has 1 atom stereocenters. The molecule has 11 nitrogen and oxygen atoms in total. The lowest BCUT2D eigenvalue weighted by Crippen LogP contribution is -2.37. The van der Waals surface area contributed by atoms with Gasteiger partial charge in [-0.3, -0.25) is 4.79 Å². The van der Waals surface area contributed by atoms with Crippen molar-refractivity contribution in [3.8, 4) is 0 Å². The van der Waals surface area contributed by atoms with Crippen LogP contribution < -0.4 is 10.6 Å². The van der Waals surface area contributed by atoms with Crippen molar-refractivity contribution in [1.29, 1.82) is 0 Å². The molecule has 180 valence electrons. The molecule has 3 aromatic rings. The number of alkyl halides is 2. The third kappa shape index (κ3) is 4.41. The van der Waals surface area contributed by atoms with Gasteiger partial charge < -0.3 is 15.5 Å². The van der Waals surface area contributed by atoms with Crippen LogP contribution in [0.5, 0.6) is 0 Å². The van der Waals surface area contributed by atoms with Crippen LogP contribution >= 0.6 is 0 Å². The number of nitrogens with zero attached hydrogens (tertiary/aromatic N) is 6. The number of hydrogen-bond donors (Lipinski definition) is 2. The molecule has 0 bridgehead atoms. The Kier molecular flexibility index (Phi) is 5.62. The van der Waals surface area contributed by atoms with E-state index in [1.165, 1.54) is 0 Å². The first-order valence-electron chi connectivity index (χ1n) is 11.1. The van der Waals surface area contributed by atoms with Gasteiger partial charge in [0.2, 0.25) is 5.92 Å². The van der Waals surface area contributed by atoms with Crippen molar-refractivity contribution >= 4 is 17.6 Å². The zero-order valence-electron chi connectivity index (χ0n) is 18.5. The maximum Gasteiger partial charge on any atom is 0.317 e. The number of aromatic nitrogens is 5. The van der Waals surface area contributed by atoms with Crippen LogP contribution in [0, 0.1) is 12.8 Å². The Labute approximate surface area is 192 Å². The molecular weight excluding hydrogens is 450 g/mol. The molecule has 2 fully saturated rings. The van der Waals surface area contributed by atoms with E-state index in [1.807, 2.05) is 6.07 Å². The molecule has 0 radical (unpaired) electrons. The largest absolute Gasteiger partial charge is 0.342 e. The highest BCUT2D eigenvalue weighted by Crippen LogP contribution is 2.41. The molecule has 13 heteroatoms. The summed E-state index contributed by atoms with van der Waals surface area (Å²) < 4.78 is 33.8. The Morgan fingerprint density at radius 1 is 1.35 bits per heavy atom. The molecule has 1 unspecified atom stereocenters. The predicted octanol–water partition coefficient (Wildman–Crippen LogP) is 2.24. The van der Waals surface area contributed by atoms with Crippen molar-refractivity contribution in [2.24, 2.45) is 5.92 Å². The molecular formula is C21H24F2N8O3. The van der Waals surface area contributed by atoms with Crippen LogP contribution in [0.2, 0.25) is 0 Å². The van der Waals surface area contributed by atoms with Crippen molar-refractivity contribution < 1.29 is 23.0 Å². The standard InChI is InChI=1S/C21H24F2N8O3/c1-12-17(29-34-28-12)19(32)27-18(14-2-4-21(22,23)5-3-14)15-11-31-16(26-15)8-13(9-25-31)10-30-7-6-24-20(30)33/h8-9,11,14,18H,2-7,10H2,1H3,(H,24,33)(H,27,32). The van der Waals surface area contributed by atoms with E-state index >= 15 is 0 Å². The first kappa shape index (κ1) is 22.2. The summed E-state index contributed by atoms with van der Waals surface area (Å²) in [5.74, 6) is -3.44. The maximum atomic E-state index is 13.8. The molecule has 4 heterocycles. The van der Waals surface area contributed by atoms with E-state index in [2.05, 4.69) is 35.7 Å². The number of carbonyl (C=O) groups is 2. The van der Waals surface area contributed by atoms with E-state index < -0.39 is 17.9 Å². The van der Waals surface area contributed by atoms with E-state index in [4.69, 9.17) is 0 Å². The molecule has 3 amide bonds. The summed E-state index contributed by atoms with van der Waals surface area (Å²) in [5.41, 5.74) is 2.23. The minimum atomic E-state index is -2.70. The summed E-state index contributed by atoms with van der Waals surface area (Å²) in [5, 5.41) is 17.3. The van der Waals surface area contributed by atoms with E-state index in [-0.39, 0.29) is 43.3 Å². The average Bonchev–Trinajstić information content (AvgIpc) is 3.52. The number of aryl methyl sites for hydroxylation is 1. The minimum Gasteiger partial charge on any atom is -0.342 e. The fourth-order valence-electron chi connectivity index (χ4n) is 4.53. The molecule has 5 rings (SSSR count). The first-order chi connectivity index (χ1) is 16.3. The van der Waals surface area contributed by atoms with E-state index in [1.54, 1.807) is 28.7 Å². The maximum absolute atomic E-state index is 13.8. The van der Waals surface area contributed by atoms with Gasteiger partial charge in [0.15, 0.2) is 11.3 Å². The SMILES string of the molecule is Cc1nonc1C(=O)NC(c1cn2ncc(CN3CCNC3=O)cc2n1)C1CCC(F)(F)CC1. The van der Waals surface area contributed by atoms with E-state index in [0.29, 0.717) is 36.7 Å². The van der Waals surface area contributed by atoms with Crippen molar-refractivity contribution in [2.75, 3.05) is 13.1 Å². The third-order valence-electron chi connectivity index (χ3n) is 6.42. The zero-order valence-corrected chi connectivity index (χ0v) is 18.5. The summed E-state index contributed by atoms with van der Waals surface area (Å²) in [4.78, 5) is 31.0. The van der Waals surface area contributed by atoms with Crippen LogP contribution in [-0.4, -0.2) is 60.8 Å². The second-order valence-electron chi connectivity index (χ2n) is 8.83. The van der Waals surface area contributed by atoms with Crippen LogP contribution in [0.25, 0.3) is 5.65 Å². The number of imidazole rings is 1. The van der Waals surface area contributed by atoms with Crippen molar-refractivity contribution in [3.63, 3.8) is 0 Å². The molecule has 34 heavy (non-hydrogen) atoms. The molecule has 2 N–H and O–H groups in total. The summed E-state index contributed by atoms with van der Waals surface area (Å²) in [6.07, 6.45) is 3.33. The number of fused-ring (bicyclic) bond motifs is 1. The zero-order chi connectivity index (χ0) is 23.9. The molecule has 1 aliphatic carbocycles. The van der Waals surface area contributed by atoms with Crippen LogP contribution in [-0.2, 0) is 6.54 Å². The molecule has 1 aliphatic heterocycles. The van der Waals surface area contributed by atoms with Crippen LogP contribution in [0.15, 0.2) is 23.1 Å². The lowest BCUT2D eigenvalue weighted by atomic mass is 9.81. The van der Waals surface area contributed by atoms with Gasteiger partial charge in [-0.2, -0.15) is 5.10 Å². The summed E-state index contributed by atoms with van der Waals surface area (Å²) >= 11 is 0. The Morgan fingerprint density at radius 2 is 2.15 bits per heavy atom. The topological polar surface area (TPSA) is 131 Å². The smallest absolute Gasteiger partial charge is 0.317 e. The van der Waals surface area contributed by atoms with Gasteiger partial charge in [0.25, 0.3) is 5.91 Å². The molecule has 3 aromatic heterocycles. The van der Waals surface area contributed by atoms with Crippen LogP contribution in [0.4, 0.5) is 13.6 Å². The fourth-order valence-corrected chi connectivity index (χ4v) is 4.53. The van der Waals surface area contributed by atoms with Gasteiger partial charge in [-0.15, -0.1) is 0 Å². The van der Waals surface area contributed by atoms with Gasteiger partial charge in [0, 0.05) is 32.5 Å². The lowest BCUT2D eigenvalue weighted by molar-refractivity contribution is -0.0495. The quantitative estimate of drug-likeness (QED) is 0.560. The third-order valence-corrected chi connectivity index (χ3v) is 6.42. The van der Waals surface area contributed by atoms with E-state index in [0.717, 1.165) is 5.56 Å². The highest BCUT2D eigenvalue weighted by molar-refractivity contribution is 5.93. The monoisotopic (exact) mass is 474 g/mol. The van der Waals surface area contributed by atoms with Crippen LogP contribution in [0.1, 0.15) is 59.2 Å². The number of rotatable bonds is 6. The molecule has 0 aromatic carbocycles. The van der Waals surface area contributed by atoms with E-state index in [9.17, 15) is 18.4 Å². The number of carbonyl (C=O) groups excluding carboxylic acids is 2. The Balaban J connectivity index is 1.42.